The number of carbonyl (C=O) groups excluding carboxylic acids is 1. The van der Waals surface area contributed by atoms with Crippen molar-refractivity contribution in [2.24, 2.45) is 0 Å². The molecule has 126 valence electrons. The van der Waals surface area contributed by atoms with Crippen molar-refractivity contribution in [2.45, 2.75) is 39.2 Å². The molecule has 0 bridgehead atoms. The third kappa shape index (κ3) is 3.48. The number of benzene rings is 1. The molecule has 1 amide bonds. The number of amides is 1. The number of aryl methyl sites for hydroxylation is 2. The van der Waals surface area contributed by atoms with Gasteiger partial charge in [-0.15, -0.1) is 0 Å². The second-order valence-electron chi connectivity index (χ2n) is 6.29. The third-order valence-electron chi connectivity index (χ3n) is 4.20. The van der Waals surface area contributed by atoms with Gasteiger partial charge in [-0.1, -0.05) is 17.7 Å². The highest BCUT2D eigenvalue weighted by atomic mass is 16.4. The van der Waals surface area contributed by atoms with Crippen LogP contribution in [0.25, 0.3) is 5.69 Å². The molecule has 1 saturated carbocycles. The molecule has 0 spiro atoms. The van der Waals surface area contributed by atoms with Crippen molar-refractivity contribution in [1.82, 2.24) is 14.7 Å². The van der Waals surface area contributed by atoms with Gasteiger partial charge in [0.05, 0.1) is 12.1 Å². The summed E-state index contributed by atoms with van der Waals surface area (Å²) >= 11 is 0. The number of hydrogen-bond acceptors (Lipinski definition) is 3. The number of hydrogen-bond donors (Lipinski definition) is 1. The Morgan fingerprint density at radius 1 is 1.25 bits per heavy atom. The molecule has 3 rings (SSSR count). The van der Waals surface area contributed by atoms with Crippen LogP contribution in [-0.4, -0.2) is 44.3 Å². The van der Waals surface area contributed by atoms with Crippen LogP contribution in [0.3, 0.4) is 0 Å². The topological polar surface area (TPSA) is 75.4 Å². The van der Waals surface area contributed by atoms with Crippen molar-refractivity contribution in [3.05, 3.63) is 47.3 Å². The quantitative estimate of drug-likeness (QED) is 0.885. The summed E-state index contributed by atoms with van der Waals surface area (Å²) in [6.45, 7) is 4.16. The van der Waals surface area contributed by atoms with Crippen molar-refractivity contribution in [3.63, 3.8) is 0 Å². The molecule has 2 aromatic rings. The predicted molar refractivity (Wildman–Crippen MR) is 89.3 cm³/mol. The molecule has 1 aromatic carbocycles. The number of rotatable bonds is 6. The Balaban J connectivity index is 1.83. The molecule has 6 heteroatoms. The highest BCUT2D eigenvalue weighted by molar-refractivity contribution is 5.93. The van der Waals surface area contributed by atoms with E-state index in [1.165, 1.54) is 0 Å². The lowest BCUT2D eigenvalue weighted by atomic mass is 10.2. The number of carboxylic acid groups (broad SMARTS) is 1. The third-order valence-corrected chi connectivity index (χ3v) is 4.20. The Hall–Kier alpha value is -2.63. The Kier molecular flexibility index (Phi) is 4.38. The normalized spacial score (nSPS) is 13.8. The second kappa shape index (κ2) is 6.47. The number of carbonyl (C=O) groups is 2. The molecule has 24 heavy (non-hydrogen) atoms. The number of aliphatic carboxylic acids is 1. The van der Waals surface area contributed by atoms with Crippen LogP contribution in [0.2, 0.25) is 0 Å². The molecule has 0 unspecified atom stereocenters. The molecule has 0 radical (unpaired) electrons. The number of aromatic nitrogens is 2. The Morgan fingerprint density at radius 3 is 2.50 bits per heavy atom. The second-order valence-corrected chi connectivity index (χ2v) is 6.29. The predicted octanol–water partition coefficient (Wildman–Crippen LogP) is 2.57. The summed E-state index contributed by atoms with van der Waals surface area (Å²) in [4.78, 5) is 25.2. The zero-order valence-corrected chi connectivity index (χ0v) is 13.9. The fourth-order valence-corrected chi connectivity index (χ4v) is 2.73. The molecule has 0 aliphatic heterocycles. The lowest BCUT2D eigenvalue weighted by Gasteiger charge is -2.20. The number of carboxylic acids is 1. The van der Waals surface area contributed by atoms with Crippen LogP contribution in [-0.2, 0) is 4.79 Å². The summed E-state index contributed by atoms with van der Waals surface area (Å²) in [6.07, 6.45) is 1.83. The van der Waals surface area contributed by atoms with Gasteiger partial charge in [0.15, 0.2) is 5.69 Å². The monoisotopic (exact) mass is 327 g/mol. The first-order chi connectivity index (χ1) is 11.5. The highest BCUT2D eigenvalue weighted by Crippen LogP contribution is 2.28. The minimum atomic E-state index is -0.894. The van der Waals surface area contributed by atoms with E-state index in [0.29, 0.717) is 5.69 Å². The average Bonchev–Trinajstić information content (AvgIpc) is 3.30. The Bertz CT molecular complexity index is 760. The summed E-state index contributed by atoms with van der Waals surface area (Å²) in [5, 5.41) is 13.3. The van der Waals surface area contributed by atoms with Crippen molar-refractivity contribution in [1.29, 1.82) is 0 Å². The molecule has 0 saturated heterocycles. The van der Waals surface area contributed by atoms with E-state index in [9.17, 15) is 9.59 Å². The SMILES string of the molecule is Cc1ccc(-n2nc(C(=O)N(CCC(=O)O)C3CC3)cc2C)cc1. The van der Waals surface area contributed by atoms with Gasteiger partial charge in [0.25, 0.3) is 5.91 Å². The smallest absolute Gasteiger partial charge is 0.305 e. The summed E-state index contributed by atoms with van der Waals surface area (Å²) in [5.74, 6) is -1.08. The average molecular weight is 327 g/mol. The molecule has 1 fully saturated rings. The van der Waals surface area contributed by atoms with E-state index < -0.39 is 5.97 Å². The van der Waals surface area contributed by atoms with Gasteiger partial charge < -0.3 is 10.0 Å². The van der Waals surface area contributed by atoms with Crippen LogP contribution >= 0.6 is 0 Å². The standard InChI is InChI=1S/C18H21N3O3/c1-12-3-5-15(6-4-12)21-13(2)11-16(19-21)18(24)20(14-7-8-14)10-9-17(22)23/h3-6,11,14H,7-10H2,1-2H3,(H,22,23). The van der Waals surface area contributed by atoms with Gasteiger partial charge in [-0.3, -0.25) is 9.59 Å². The molecule has 0 atom stereocenters. The van der Waals surface area contributed by atoms with Crippen molar-refractivity contribution < 1.29 is 14.7 Å². The maximum absolute atomic E-state index is 12.7. The van der Waals surface area contributed by atoms with Crippen LogP contribution in [0.15, 0.2) is 30.3 Å². The van der Waals surface area contributed by atoms with Crippen LogP contribution in [0.5, 0.6) is 0 Å². The van der Waals surface area contributed by atoms with Gasteiger partial charge in [0, 0.05) is 18.3 Å². The van der Waals surface area contributed by atoms with Crippen LogP contribution in [0.4, 0.5) is 0 Å². The molecule has 6 nitrogen and oxygen atoms in total. The van der Waals surface area contributed by atoms with Crippen LogP contribution in [0, 0.1) is 13.8 Å². The van der Waals surface area contributed by atoms with E-state index in [2.05, 4.69) is 5.10 Å². The summed E-state index contributed by atoms with van der Waals surface area (Å²) in [5.41, 5.74) is 3.30. The molecule has 1 N–H and O–H groups in total. The van der Waals surface area contributed by atoms with Gasteiger partial charge in [-0.05, 0) is 44.9 Å². The van der Waals surface area contributed by atoms with E-state index in [1.54, 1.807) is 15.6 Å². The molecule has 1 heterocycles. The van der Waals surface area contributed by atoms with Gasteiger partial charge in [0.2, 0.25) is 0 Å². The fourth-order valence-electron chi connectivity index (χ4n) is 2.73. The summed E-state index contributed by atoms with van der Waals surface area (Å²) in [7, 11) is 0. The van der Waals surface area contributed by atoms with Gasteiger partial charge in [-0.25, -0.2) is 4.68 Å². The van der Waals surface area contributed by atoms with E-state index in [4.69, 9.17) is 5.11 Å². The first kappa shape index (κ1) is 16.2. The van der Waals surface area contributed by atoms with Crippen LogP contribution < -0.4 is 0 Å². The maximum Gasteiger partial charge on any atom is 0.305 e. The van der Waals surface area contributed by atoms with Crippen LogP contribution in [0.1, 0.15) is 41.0 Å². The molecular weight excluding hydrogens is 306 g/mol. The molecule has 1 aliphatic carbocycles. The molecule has 1 aromatic heterocycles. The van der Waals surface area contributed by atoms with E-state index >= 15 is 0 Å². The maximum atomic E-state index is 12.7. The first-order valence-corrected chi connectivity index (χ1v) is 8.12. The fraction of sp³-hybridized carbons (Fsp3) is 0.389. The van der Waals surface area contributed by atoms with Crippen molar-refractivity contribution >= 4 is 11.9 Å². The zero-order valence-electron chi connectivity index (χ0n) is 13.9. The Labute approximate surface area is 140 Å². The van der Waals surface area contributed by atoms with E-state index in [0.717, 1.165) is 29.8 Å². The first-order valence-electron chi connectivity index (χ1n) is 8.12. The summed E-state index contributed by atoms with van der Waals surface area (Å²) < 4.78 is 1.74. The number of nitrogens with zero attached hydrogens (tertiary/aromatic N) is 3. The lowest BCUT2D eigenvalue weighted by molar-refractivity contribution is -0.137. The van der Waals surface area contributed by atoms with Gasteiger partial charge >= 0.3 is 5.97 Å². The van der Waals surface area contributed by atoms with Crippen molar-refractivity contribution in [3.8, 4) is 5.69 Å². The zero-order chi connectivity index (χ0) is 17.3. The minimum Gasteiger partial charge on any atom is -0.481 e. The molecule has 1 aliphatic rings. The lowest BCUT2D eigenvalue weighted by Crippen LogP contribution is -2.35. The van der Waals surface area contributed by atoms with Gasteiger partial charge in [0.1, 0.15) is 0 Å². The van der Waals surface area contributed by atoms with E-state index in [-0.39, 0.29) is 24.9 Å². The highest BCUT2D eigenvalue weighted by Gasteiger charge is 2.34. The van der Waals surface area contributed by atoms with Gasteiger partial charge in [-0.2, -0.15) is 5.10 Å². The molecular formula is C18H21N3O3. The van der Waals surface area contributed by atoms with E-state index in [1.807, 2.05) is 38.1 Å². The summed E-state index contributed by atoms with van der Waals surface area (Å²) in [6, 6.07) is 9.85. The Morgan fingerprint density at radius 2 is 1.92 bits per heavy atom. The largest absolute Gasteiger partial charge is 0.481 e. The minimum absolute atomic E-state index is 0.0418. The van der Waals surface area contributed by atoms with Crippen molar-refractivity contribution in [2.75, 3.05) is 6.54 Å².